The average Bonchev–Trinajstić information content (AvgIpc) is 2.94. The van der Waals surface area contributed by atoms with Crippen molar-refractivity contribution in [2.45, 2.75) is 50.8 Å². The van der Waals surface area contributed by atoms with E-state index in [1.807, 2.05) is 0 Å². The predicted molar refractivity (Wildman–Crippen MR) is 77.0 cm³/mol. The van der Waals surface area contributed by atoms with Crippen LogP contribution in [0.2, 0.25) is 0 Å². The maximum Gasteiger partial charge on any atom is 0.328 e. The monoisotopic (exact) mass is 299 g/mol. The summed E-state index contributed by atoms with van der Waals surface area (Å²) in [5, 5.41) is 20.8. The number of aliphatic hydroxyl groups excluding tert-OH is 1. The first-order valence-electron chi connectivity index (χ1n) is 7.69. The lowest BCUT2D eigenvalue weighted by molar-refractivity contribution is -0.141. The van der Waals surface area contributed by atoms with E-state index in [1.54, 1.807) is 4.90 Å². The lowest BCUT2D eigenvalue weighted by Gasteiger charge is -2.32. The first-order chi connectivity index (χ1) is 9.99. The van der Waals surface area contributed by atoms with Crippen LogP contribution in [0.5, 0.6) is 0 Å². The lowest BCUT2D eigenvalue weighted by atomic mass is 10.1. The normalized spacial score (nSPS) is 26.4. The summed E-state index contributed by atoms with van der Waals surface area (Å²) in [6, 6.07) is -1.28. The van der Waals surface area contributed by atoms with Gasteiger partial charge in [-0.2, -0.15) is 0 Å². The summed E-state index contributed by atoms with van der Waals surface area (Å²) in [5.41, 5.74) is 0. The Bertz CT molecular complexity index is 382. The Labute approximate surface area is 124 Å². The van der Waals surface area contributed by atoms with E-state index >= 15 is 0 Å². The average molecular weight is 299 g/mol. The maximum absolute atomic E-state index is 12.1. The minimum Gasteiger partial charge on any atom is -0.480 e. The molecule has 0 aromatic carbocycles. The van der Waals surface area contributed by atoms with Crippen LogP contribution >= 0.6 is 0 Å². The van der Waals surface area contributed by atoms with Gasteiger partial charge in [0, 0.05) is 19.1 Å². The number of nitrogens with zero attached hydrogens (tertiary/aromatic N) is 2. The Morgan fingerprint density at radius 3 is 2.43 bits per heavy atom. The second kappa shape index (κ2) is 7.09. The van der Waals surface area contributed by atoms with Gasteiger partial charge in [-0.05, 0) is 39.3 Å². The van der Waals surface area contributed by atoms with Crippen molar-refractivity contribution in [2.24, 2.45) is 0 Å². The van der Waals surface area contributed by atoms with Gasteiger partial charge in [0.1, 0.15) is 0 Å². The van der Waals surface area contributed by atoms with Crippen LogP contribution in [0.4, 0.5) is 4.79 Å². The van der Waals surface area contributed by atoms with Crippen molar-refractivity contribution in [3.8, 4) is 0 Å². The molecule has 2 saturated heterocycles. The second-order valence-corrected chi connectivity index (χ2v) is 5.99. The quantitative estimate of drug-likeness (QED) is 0.684. The summed E-state index contributed by atoms with van der Waals surface area (Å²) in [7, 11) is 0. The third-order valence-corrected chi connectivity index (χ3v) is 4.39. The van der Waals surface area contributed by atoms with Gasteiger partial charge in [-0.1, -0.05) is 6.42 Å². The van der Waals surface area contributed by atoms with E-state index in [1.165, 1.54) is 26.2 Å². The zero-order chi connectivity index (χ0) is 15.4. The molecule has 120 valence electrons. The highest BCUT2D eigenvalue weighted by atomic mass is 16.4. The highest BCUT2D eigenvalue weighted by Gasteiger charge is 2.33. The summed E-state index contributed by atoms with van der Waals surface area (Å²) in [4.78, 5) is 27.2. The zero-order valence-corrected chi connectivity index (χ0v) is 12.5. The largest absolute Gasteiger partial charge is 0.480 e. The molecule has 0 spiro atoms. The van der Waals surface area contributed by atoms with Gasteiger partial charge >= 0.3 is 12.0 Å². The Morgan fingerprint density at radius 1 is 1.19 bits per heavy atom. The number of carboxylic acids is 1. The molecule has 1 unspecified atom stereocenters. The number of piperidine rings is 1. The zero-order valence-electron chi connectivity index (χ0n) is 12.5. The van der Waals surface area contributed by atoms with Crippen molar-refractivity contribution in [3.63, 3.8) is 0 Å². The van der Waals surface area contributed by atoms with Gasteiger partial charge in [-0.15, -0.1) is 0 Å². The molecule has 2 heterocycles. The van der Waals surface area contributed by atoms with Crippen LogP contribution in [0.15, 0.2) is 0 Å². The summed E-state index contributed by atoms with van der Waals surface area (Å²) < 4.78 is 0. The summed E-state index contributed by atoms with van der Waals surface area (Å²) >= 11 is 0. The molecule has 0 bridgehead atoms. The van der Waals surface area contributed by atoms with E-state index in [-0.39, 0.29) is 0 Å². The van der Waals surface area contributed by atoms with Crippen LogP contribution in [-0.2, 0) is 4.79 Å². The molecule has 21 heavy (non-hydrogen) atoms. The van der Waals surface area contributed by atoms with Crippen LogP contribution in [0.1, 0.15) is 32.6 Å². The Hall–Kier alpha value is -1.34. The smallest absolute Gasteiger partial charge is 0.328 e. The van der Waals surface area contributed by atoms with Gasteiger partial charge in [0.25, 0.3) is 0 Å². The summed E-state index contributed by atoms with van der Waals surface area (Å²) in [6.07, 6.45) is 3.52. The molecule has 7 nitrogen and oxygen atoms in total. The molecule has 2 aliphatic rings. The minimum absolute atomic E-state index is 0.380. The van der Waals surface area contributed by atoms with Crippen LogP contribution in [-0.4, -0.2) is 76.4 Å². The van der Waals surface area contributed by atoms with Gasteiger partial charge in [0.15, 0.2) is 6.04 Å². The van der Waals surface area contributed by atoms with E-state index in [2.05, 4.69) is 10.2 Å². The molecule has 2 fully saturated rings. The summed E-state index contributed by atoms with van der Waals surface area (Å²) in [6.45, 7) is 4.81. The molecule has 3 atom stereocenters. The Balaban J connectivity index is 1.85. The van der Waals surface area contributed by atoms with Gasteiger partial charge in [0.2, 0.25) is 0 Å². The number of hydrogen-bond donors (Lipinski definition) is 3. The predicted octanol–water partition coefficient (Wildman–Crippen LogP) is 0.0902. The van der Waals surface area contributed by atoms with Crippen LogP contribution in [0, 0.1) is 0 Å². The molecular weight excluding hydrogens is 274 g/mol. The number of hydrogen-bond acceptors (Lipinski definition) is 4. The van der Waals surface area contributed by atoms with Crippen molar-refractivity contribution < 1.29 is 19.8 Å². The van der Waals surface area contributed by atoms with Gasteiger partial charge in [0.05, 0.1) is 6.10 Å². The highest BCUT2D eigenvalue weighted by Crippen LogP contribution is 2.20. The van der Waals surface area contributed by atoms with Crippen molar-refractivity contribution in [3.05, 3.63) is 0 Å². The number of amides is 2. The molecule has 3 N–H and O–H groups in total. The number of rotatable bonds is 4. The molecule has 0 aliphatic carbocycles. The minimum atomic E-state index is -1.26. The maximum atomic E-state index is 12.1. The molecule has 0 aromatic rings. The van der Waals surface area contributed by atoms with Gasteiger partial charge in [-0.25, -0.2) is 9.59 Å². The van der Waals surface area contributed by atoms with Crippen molar-refractivity contribution >= 4 is 12.0 Å². The second-order valence-electron chi connectivity index (χ2n) is 5.99. The first kappa shape index (κ1) is 16.0. The number of nitrogens with one attached hydrogen (secondary N) is 1. The van der Waals surface area contributed by atoms with Crippen molar-refractivity contribution in [1.82, 2.24) is 15.1 Å². The lowest BCUT2D eigenvalue weighted by Crippen LogP contribution is -2.52. The number of carbonyl (C=O) groups is 2. The van der Waals surface area contributed by atoms with Crippen molar-refractivity contribution in [1.29, 1.82) is 0 Å². The number of likely N-dealkylation sites (tertiary alicyclic amines) is 2. The number of aliphatic hydroxyl groups is 1. The van der Waals surface area contributed by atoms with E-state index in [9.17, 15) is 14.7 Å². The molecular formula is C14H25N3O4. The van der Waals surface area contributed by atoms with Crippen LogP contribution in [0.3, 0.4) is 0 Å². The standard InChI is InChI=1S/C14H25N3O4/c1-10(18)12(13(19)20)15-14(21)17-8-5-11(9-17)16-6-3-2-4-7-16/h10-12,18H,2-9H2,1H3,(H,15,21)(H,19,20)/t10-,11?,12+/m1/s1. The fourth-order valence-corrected chi connectivity index (χ4v) is 3.12. The Kier molecular flexibility index (Phi) is 5.41. The first-order valence-corrected chi connectivity index (χ1v) is 7.69. The molecule has 7 heteroatoms. The fraction of sp³-hybridized carbons (Fsp3) is 0.857. The summed E-state index contributed by atoms with van der Waals surface area (Å²) in [5.74, 6) is -1.22. The topological polar surface area (TPSA) is 93.1 Å². The van der Waals surface area contributed by atoms with Crippen molar-refractivity contribution in [2.75, 3.05) is 26.2 Å². The SMILES string of the molecule is C[C@@H](O)[C@H](NC(=O)N1CCC(N2CCCCC2)C1)C(=O)O. The number of carbonyl (C=O) groups excluding carboxylic acids is 1. The van der Waals surface area contributed by atoms with E-state index in [0.29, 0.717) is 19.1 Å². The van der Waals surface area contributed by atoms with Crippen LogP contribution < -0.4 is 5.32 Å². The van der Waals surface area contributed by atoms with Gasteiger partial charge in [-0.3, -0.25) is 4.90 Å². The van der Waals surface area contributed by atoms with E-state index in [0.717, 1.165) is 19.5 Å². The number of aliphatic carboxylic acids is 1. The molecule has 0 saturated carbocycles. The molecule has 2 aliphatic heterocycles. The number of urea groups is 1. The Morgan fingerprint density at radius 2 is 1.86 bits per heavy atom. The van der Waals surface area contributed by atoms with Gasteiger partial charge < -0.3 is 20.4 Å². The third kappa shape index (κ3) is 4.07. The highest BCUT2D eigenvalue weighted by molar-refractivity contribution is 5.83. The van der Waals surface area contributed by atoms with E-state index < -0.39 is 24.1 Å². The molecule has 0 aromatic heterocycles. The molecule has 2 rings (SSSR count). The number of carboxylic acid groups (broad SMARTS) is 1. The van der Waals surface area contributed by atoms with Crippen LogP contribution in [0.25, 0.3) is 0 Å². The molecule has 2 amide bonds. The fourth-order valence-electron chi connectivity index (χ4n) is 3.12. The third-order valence-electron chi connectivity index (χ3n) is 4.39. The molecule has 0 radical (unpaired) electrons. The van der Waals surface area contributed by atoms with E-state index in [4.69, 9.17) is 5.11 Å².